The van der Waals surface area contributed by atoms with E-state index in [0.29, 0.717) is 0 Å². The smallest absolute Gasteiger partial charge is 0.377 e. The fraction of sp³-hybridized carbons (Fsp3) is 0.833. The summed E-state index contributed by atoms with van der Waals surface area (Å²) in [6, 6.07) is 0. The van der Waals surface area contributed by atoms with Crippen LogP contribution in [-0.4, -0.2) is 24.7 Å². The minimum Gasteiger partial charge on any atom is -0.377 e. The molecule has 3 nitrogen and oxygen atoms in total. The van der Waals surface area contributed by atoms with E-state index in [1.165, 1.54) is 11.4 Å². The standard InChI is InChI=1S/C12H22N2OS2/c1-4-8-15-9-7-13-12-14-11(16-17-12)6-5-10(2)3/h10H,4-9H2,1-3H3/p+1. The Kier molecular flexibility index (Phi) is 7.64. The van der Waals surface area contributed by atoms with Crippen molar-refractivity contribution < 1.29 is 9.73 Å². The molecule has 0 saturated heterocycles. The van der Waals surface area contributed by atoms with Crippen LogP contribution in [0.3, 0.4) is 0 Å². The summed E-state index contributed by atoms with van der Waals surface area (Å²) < 4.78 is 5.41. The lowest BCUT2D eigenvalue weighted by Crippen LogP contribution is -2.77. The zero-order valence-electron chi connectivity index (χ0n) is 11.0. The maximum absolute atomic E-state index is 5.41. The molecule has 0 unspecified atom stereocenters. The number of aromatic nitrogens is 1. The van der Waals surface area contributed by atoms with Crippen LogP contribution in [0.5, 0.6) is 0 Å². The van der Waals surface area contributed by atoms with Crippen LogP contribution in [0, 0.1) is 5.92 Å². The SMILES string of the molecule is CCCOCC[NH+]=c1nc(CCC(C)C)ss1. The van der Waals surface area contributed by atoms with Gasteiger partial charge in [-0.15, -0.1) is 0 Å². The number of rotatable bonds is 8. The van der Waals surface area contributed by atoms with Gasteiger partial charge >= 0.3 is 4.80 Å². The molecule has 0 radical (unpaired) electrons. The van der Waals surface area contributed by atoms with Crippen molar-refractivity contribution in [3.05, 3.63) is 9.81 Å². The van der Waals surface area contributed by atoms with Gasteiger partial charge in [-0.2, -0.15) is 0 Å². The van der Waals surface area contributed by atoms with E-state index in [0.717, 1.165) is 43.3 Å². The second-order valence-corrected chi connectivity index (χ2v) is 6.64. The first kappa shape index (κ1) is 14.8. The van der Waals surface area contributed by atoms with Crippen molar-refractivity contribution in [3.63, 3.8) is 0 Å². The Hall–Kier alpha value is -0.260. The average Bonchev–Trinajstić information content (AvgIpc) is 2.74. The molecular weight excluding hydrogens is 252 g/mol. The van der Waals surface area contributed by atoms with Crippen LogP contribution in [-0.2, 0) is 11.2 Å². The van der Waals surface area contributed by atoms with Crippen LogP contribution in [0.25, 0.3) is 0 Å². The van der Waals surface area contributed by atoms with Crippen molar-refractivity contribution in [3.8, 4) is 0 Å². The van der Waals surface area contributed by atoms with Crippen LogP contribution in [0.1, 0.15) is 38.6 Å². The quantitative estimate of drug-likeness (QED) is 0.572. The fourth-order valence-corrected chi connectivity index (χ4v) is 3.34. The average molecular weight is 275 g/mol. The van der Waals surface area contributed by atoms with E-state index >= 15 is 0 Å². The molecule has 0 bridgehead atoms. The van der Waals surface area contributed by atoms with Gasteiger partial charge in [0, 0.05) is 23.4 Å². The van der Waals surface area contributed by atoms with E-state index in [9.17, 15) is 0 Å². The molecule has 98 valence electrons. The summed E-state index contributed by atoms with van der Waals surface area (Å²) in [5.41, 5.74) is 0. The molecule has 0 aliphatic carbocycles. The molecule has 1 N–H and O–H groups in total. The lowest BCUT2D eigenvalue weighted by atomic mass is 10.1. The molecule has 0 fully saturated rings. The Morgan fingerprint density at radius 3 is 2.82 bits per heavy atom. The van der Waals surface area contributed by atoms with Crippen LogP contribution in [0.15, 0.2) is 0 Å². The first-order chi connectivity index (χ1) is 8.22. The second kappa shape index (κ2) is 8.78. The van der Waals surface area contributed by atoms with Gasteiger partial charge in [0.25, 0.3) is 0 Å². The molecule has 1 heterocycles. The van der Waals surface area contributed by atoms with Crippen LogP contribution < -0.4 is 9.79 Å². The number of ether oxygens (including phenoxy) is 1. The Morgan fingerprint density at radius 1 is 1.29 bits per heavy atom. The van der Waals surface area contributed by atoms with Crippen LogP contribution in [0.4, 0.5) is 0 Å². The monoisotopic (exact) mass is 275 g/mol. The Bertz CT molecular complexity index is 357. The highest BCUT2D eigenvalue weighted by molar-refractivity contribution is 7.68. The molecular formula is C12H23N2OS2+. The van der Waals surface area contributed by atoms with Crippen molar-refractivity contribution in [2.24, 2.45) is 5.92 Å². The molecule has 0 spiro atoms. The summed E-state index contributed by atoms with van der Waals surface area (Å²) in [5.74, 6) is 0.753. The normalized spacial score (nSPS) is 12.6. The van der Waals surface area contributed by atoms with E-state index < -0.39 is 0 Å². The van der Waals surface area contributed by atoms with Gasteiger partial charge in [-0.3, -0.25) is 4.99 Å². The van der Waals surface area contributed by atoms with E-state index in [2.05, 4.69) is 30.7 Å². The van der Waals surface area contributed by atoms with Crippen molar-refractivity contribution in [2.45, 2.75) is 40.0 Å². The third-order valence-electron chi connectivity index (χ3n) is 2.25. The number of hydrogen-bond acceptors (Lipinski definition) is 4. The second-order valence-electron chi connectivity index (χ2n) is 4.45. The van der Waals surface area contributed by atoms with Gasteiger partial charge in [0.1, 0.15) is 6.54 Å². The molecule has 1 rings (SSSR count). The maximum atomic E-state index is 5.41. The van der Waals surface area contributed by atoms with Gasteiger partial charge in [-0.05, 0) is 34.1 Å². The summed E-state index contributed by atoms with van der Waals surface area (Å²) >= 11 is 0. The van der Waals surface area contributed by atoms with Crippen molar-refractivity contribution in [1.29, 1.82) is 0 Å². The van der Waals surface area contributed by atoms with Crippen LogP contribution in [0.2, 0.25) is 0 Å². The molecule has 17 heavy (non-hydrogen) atoms. The zero-order chi connectivity index (χ0) is 12.5. The predicted molar refractivity (Wildman–Crippen MR) is 73.2 cm³/mol. The van der Waals surface area contributed by atoms with Crippen molar-refractivity contribution in [1.82, 2.24) is 4.98 Å². The van der Waals surface area contributed by atoms with Gasteiger partial charge < -0.3 is 4.74 Å². The molecule has 0 aliphatic heterocycles. The highest BCUT2D eigenvalue weighted by Gasteiger charge is 2.07. The van der Waals surface area contributed by atoms with E-state index in [1.807, 2.05) is 0 Å². The Labute approximate surface area is 111 Å². The van der Waals surface area contributed by atoms with Crippen LogP contribution >= 0.6 is 20.7 Å². The third kappa shape index (κ3) is 6.91. The molecule has 5 heteroatoms. The summed E-state index contributed by atoms with van der Waals surface area (Å²) in [6.45, 7) is 9.09. The van der Waals surface area contributed by atoms with Crippen molar-refractivity contribution in [2.75, 3.05) is 19.8 Å². The Balaban J connectivity index is 2.31. The first-order valence-corrected chi connectivity index (χ1v) is 8.48. The number of nitrogens with one attached hydrogen (secondary N) is 1. The minimum atomic E-state index is 0.753. The number of aryl methyl sites for hydroxylation is 1. The molecule has 0 aliphatic rings. The molecule has 0 atom stereocenters. The molecule has 0 amide bonds. The van der Waals surface area contributed by atoms with E-state index in [-0.39, 0.29) is 0 Å². The molecule has 0 saturated carbocycles. The molecule has 1 aromatic rings. The summed E-state index contributed by atoms with van der Waals surface area (Å²) in [5, 5.41) is 1.25. The third-order valence-corrected chi connectivity index (χ3v) is 4.52. The highest BCUT2D eigenvalue weighted by atomic mass is 32.9. The van der Waals surface area contributed by atoms with Gasteiger partial charge in [0.15, 0.2) is 0 Å². The fourth-order valence-electron chi connectivity index (χ4n) is 1.29. The van der Waals surface area contributed by atoms with E-state index in [4.69, 9.17) is 4.74 Å². The summed E-state index contributed by atoms with van der Waals surface area (Å²) in [4.78, 5) is 8.91. The largest absolute Gasteiger partial charge is 0.386 e. The van der Waals surface area contributed by atoms with Gasteiger partial charge in [-0.1, -0.05) is 20.8 Å². The summed E-state index contributed by atoms with van der Waals surface area (Å²) in [7, 11) is 3.52. The molecule has 1 aromatic heterocycles. The van der Waals surface area contributed by atoms with Gasteiger partial charge in [-0.25, -0.2) is 0 Å². The predicted octanol–water partition coefficient (Wildman–Crippen LogP) is 1.20. The van der Waals surface area contributed by atoms with E-state index in [1.54, 1.807) is 20.7 Å². The van der Waals surface area contributed by atoms with Gasteiger partial charge in [0.05, 0.1) is 6.61 Å². The summed E-state index contributed by atoms with van der Waals surface area (Å²) in [6.07, 6.45) is 3.41. The topological polar surface area (TPSA) is 36.1 Å². The zero-order valence-corrected chi connectivity index (χ0v) is 12.6. The lowest BCUT2D eigenvalue weighted by Gasteiger charge is -1.97. The maximum Gasteiger partial charge on any atom is 0.386 e. The van der Waals surface area contributed by atoms with Crippen molar-refractivity contribution >= 4 is 20.7 Å². The minimum absolute atomic E-state index is 0.753. The number of nitrogens with zero attached hydrogens (tertiary/aromatic N) is 1. The Morgan fingerprint density at radius 2 is 2.12 bits per heavy atom. The van der Waals surface area contributed by atoms with Gasteiger partial charge in [0.2, 0.25) is 5.01 Å². The first-order valence-electron chi connectivity index (χ1n) is 6.33. The lowest BCUT2D eigenvalue weighted by molar-refractivity contribution is -0.503. The highest BCUT2D eigenvalue weighted by Crippen LogP contribution is 2.11. The molecule has 0 aromatic carbocycles. The number of hydrogen-bond donors (Lipinski definition) is 1.